The molecule has 2 aromatic heterocycles. The van der Waals surface area contributed by atoms with Crippen molar-refractivity contribution in [1.82, 2.24) is 0 Å². The van der Waals surface area contributed by atoms with Crippen LogP contribution in [0.25, 0.3) is 32.7 Å². The van der Waals surface area contributed by atoms with E-state index < -0.39 is 11.3 Å². The molecule has 0 aliphatic heterocycles. The van der Waals surface area contributed by atoms with E-state index in [1.807, 2.05) is 30.3 Å². The fourth-order valence-electron chi connectivity index (χ4n) is 2.41. The van der Waals surface area contributed by atoms with Gasteiger partial charge in [-0.05, 0) is 29.0 Å². The predicted octanol–water partition coefficient (Wildman–Crippen LogP) is 3.05. The molecule has 0 saturated carbocycles. The van der Waals surface area contributed by atoms with Crippen LogP contribution in [0, 0.1) is 0 Å². The summed E-state index contributed by atoms with van der Waals surface area (Å²) >= 11 is 0. The lowest BCUT2D eigenvalue weighted by atomic mass is 10.1. The van der Waals surface area contributed by atoms with Crippen LogP contribution in [0.4, 0.5) is 0 Å². The van der Waals surface area contributed by atoms with Crippen LogP contribution in [0.3, 0.4) is 0 Å². The van der Waals surface area contributed by atoms with Crippen molar-refractivity contribution >= 4 is 32.7 Å². The summed E-state index contributed by atoms with van der Waals surface area (Å²) in [6.45, 7) is 0. The lowest BCUT2D eigenvalue weighted by Gasteiger charge is -2.03. The normalized spacial score (nSPS) is 11.4. The highest BCUT2D eigenvalue weighted by molar-refractivity contribution is 6.06. The van der Waals surface area contributed by atoms with Crippen molar-refractivity contribution in [2.24, 2.45) is 0 Å². The van der Waals surface area contributed by atoms with Crippen LogP contribution < -0.4 is 11.3 Å². The quantitative estimate of drug-likeness (QED) is 0.278. The van der Waals surface area contributed by atoms with Crippen molar-refractivity contribution in [2.45, 2.75) is 0 Å². The predicted molar refractivity (Wildman–Crippen MR) is 76.0 cm³/mol. The summed E-state index contributed by atoms with van der Waals surface area (Å²) in [5.74, 6) is 0. The Kier molecular flexibility index (Phi) is 2.09. The summed E-state index contributed by atoms with van der Waals surface area (Å²) in [4.78, 5) is 23.3. The molecule has 0 fully saturated rings. The molecule has 4 rings (SSSR count). The van der Waals surface area contributed by atoms with Gasteiger partial charge in [-0.25, -0.2) is 9.59 Å². The molecule has 2 heterocycles. The summed E-state index contributed by atoms with van der Waals surface area (Å²) in [7, 11) is 0. The summed E-state index contributed by atoms with van der Waals surface area (Å²) < 4.78 is 10.5. The standard InChI is InChI=1S/C16H8O4/c17-14-6-5-11-15(20-14)12-7-9-3-1-2-4-10(9)8-13(12)19-16(11)18/h1-8H. The molecule has 4 heteroatoms. The third-order valence-corrected chi connectivity index (χ3v) is 3.35. The monoisotopic (exact) mass is 264 g/mol. The molecule has 0 aliphatic carbocycles. The average molecular weight is 264 g/mol. The molecule has 0 atom stereocenters. The molecular formula is C16H8O4. The number of rotatable bonds is 0. The second kappa shape index (κ2) is 3.81. The Labute approximate surface area is 111 Å². The largest absolute Gasteiger partial charge is 0.422 e. The minimum Gasteiger partial charge on any atom is -0.422 e. The van der Waals surface area contributed by atoms with E-state index >= 15 is 0 Å². The first kappa shape index (κ1) is 11.0. The molecule has 0 amide bonds. The number of fused-ring (bicyclic) bond motifs is 4. The van der Waals surface area contributed by atoms with Crippen LogP contribution in [0.15, 0.2) is 67.0 Å². The second-order valence-electron chi connectivity index (χ2n) is 4.58. The summed E-state index contributed by atoms with van der Waals surface area (Å²) in [6.07, 6.45) is 0. The fourth-order valence-corrected chi connectivity index (χ4v) is 2.41. The SMILES string of the molecule is O=c1ccc2c(=O)oc3cc4ccccc4cc3c2o1. The van der Waals surface area contributed by atoms with E-state index in [1.54, 1.807) is 6.07 Å². The Balaban J connectivity index is 2.34. The van der Waals surface area contributed by atoms with Crippen molar-refractivity contribution < 1.29 is 8.83 Å². The van der Waals surface area contributed by atoms with Crippen LogP contribution in [-0.4, -0.2) is 0 Å². The molecule has 0 spiro atoms. The molecule has 4 nitrogen and oxygen atoms in total. The van der Waals surface area contributed by atoms with E-state index in [-0.39, 0.29) is 11.0 Å². The number of benzene rings is 2. The average Bonchev–Trinajstić information content (AvgIpc) is 2.45. The summed E-state index contributed by atoms with van der Waals surface area (Å²) in [5, 5.41) is 2.84. The molecule has 2 aromatic carbocycles. The van der Waals surface area contributed by atoms with Crippen LogP contribution in [-0.2, 0) is 0 Å². The molecule has 20 heavy (non-hydrogen) atoms. The van der Waals surface area contributed by atoms with E-state index in [0.717, 1.165) is 10.8 Å². The first-order valence-corrected chi connectivity index (χ1v) is 6.12. The summed E-state index contributed by atoms with van der Waals surface area (Å²) in [6, 6.07) is 14.0. The van der Waals surface area contributed by atoms with E-state index in [1.165, 1.54) is 12.1 Å². The maximum Gasteiger partial charge on any atom is 0.347 e. The van der Waals surface area contributed by atoms with Crippen molar-refractivity contribution in [3.8, 4) is 0 Å². The van der Waals surface area contributed by atoms with Gasteiger partial charge >= 0.3 is 11.3 Å². The van der Waals surface area contributed by atoms with Crippen LogP contribution in [0.5, 0.6) is 0 Å². The van der Waals surface area contributed by atoms with Crippen molar-refractivity contribution in [1.29, 1.82) is 0 Å². The highest BCUT2D eigenvalue weighted by Crippen LogP contribution is 2.26. The highest BCUT2D eigenvalue weighted by Gasteiger charge is 2.11. The lowest BCUT2D eigenvalue weighted by Crippen LogP contribution is -2.04. The maximum absolute atomic E-state index is 11.9. The van der Waals surface area contributed by atoms with Gasteiger partial charge in [0.1, 0.15) is 11.0 Å². The van der Waals surface area contributed by atoms with Gasteiger partial charge in [0.05, 0.1) is 5.39 Å². The fraction of sp³-hybridized carbons (Fsp3) is 0. The smallest absolute Gasteiger partial charge is 0.347 e. The zero-order valence-electron chi connectivity index (χ0n) is 10.3. The van der Waals surface area contributed by atoms with Gasteiger partial charge in [0, 0.05) is 6.07 Å². The van der Waals surface area contributed by atoms with E-state index in [2.05, 4.69) is 0 Å². The molecule has 0 radical (unpaired) electrons. The lowest BCUT2D eigenvalue weighted by molar-refractivity contribution is 0.543. The third-order valence-electron chi connectivity index (χ3n) is 3.35. The zero-order valence-corrected chi connectivity index (χ0v) is 10.3. The second-order valence-corrected chi connectivity index (χ2v) is 4.58. The maximum atomic E-state index is 11.9. The topological polar surface area (TPSA) is 60.4 Å². The first-order valence-electron chi connectivity index (χ1n) is 6.12. The van der Waals surface area contributed by atoms with Crippen LogP contribution in [0.1, 0.15) is 0 Å². The Bertz CT molecular complexity index is 1090. The minimum atomic E-state index is -0.508. The molecule has 0 unspecified atom stereocenters. The summed E-state index contributed by atoms with van der Waals surface area (Å²) in [5.41, 5.74) is -0.311. The Morgan fingerprint density at radius 3 is 2.30 bits per heavy atom. The van der Waals surface area contributed by atoms with Crippen LogP contribution >= 0.6 is 0 Å². The van der Waals surface area contributed by atoms with E-state index in [0.29, 0.717) is 11.0 Å². The highest BCUT2D eigenvalue weighted by atomic mass is 16.4. The Morgan fingerprint density at radius 2 is 1.50 bits per heavy atom. The third kappa shape index (κ3) is 1.48. The number of hydrogen-bond donors (Lipinski definition) is 0. The van der Waals surface area contributed by atoms with Gasteiger partial charge in [-0.3, -0.25) is 0 Å². The van der Waals surface area contributed by atoms with Gasteiger partial charge in [0.25, 0.3) is 0 Å². The van der Waals surface area contributed by atoms with Crippen molar-refractivity contribution in [3.63, 3.8) is 0 Å². The Hall–Kier alpha value is -2.88. The first-order chi connectivity index (χ1) is 9.72. The van der Waals surface area contributed by atoms with Gasteiger partial charge < -0.3 is 8.83 Å². The number of hydrogen-bond acceptors (Lipinski definition) is 4. The van der Waals surface area contributed by atoms with Gasteiger partial charge in [0.15, 0.2) is 5.58 Å². The Morgan fingerprint density at radius 1 is 0.750 bits per heavy atom. The van der Waals surface area contributed by atoms with Gasteiger partial charge in [-0.2, -0.15) is 0 Å². The van der Waals surface area contributed by atoms with E-state index in [9.17, 15) is 9.59 Å². The molecule has 4 aromatic rings. The molecule has 96 valence electrons. The van der Waals surface area contributed by atoms with Crippen molar-refractivity contribution in [3.05, 3.63) is 69.4 Å². The van der Waals surface area contributed by atoms with Gasteiger partial charge in [0.2, 0.25) is 0 Å². The molecule has 0 saturated heterocycles. The molecule has 0 N–H and O–H groups in total. The van der Waals surface area contributed by atoms with Crippen molar-refractivity contribution in [2.75, 3.05) is 0 Å². The molecule has 0 bridgehead atoms. The minimum absolute atomic E-state index is 0.271. The van der Waals surface area contributed by atoms with Crippen LogP contribution in [0.2, 0.25) is 0 Å². The zero-order chi connectivity index (χ0) is 13.7. The molecular weight excluding hydrogens is 256 g/mol. The molecule has 0 aliphatic rings. The van der Waals surface area contributed by atoms with Gasteiger partial charge in [-0.1, -0.05) is 24.3 Å². The van der Waals surface area contributed by atoms with E-state index in [4.69, 9.17) is 8.83 Å². The van der Waals surface area contributed by atoms with Gasteiger partial charge in [-0.15, -0.1) is 0 Å².